The van der Waals surface area contributed by atoms with E-state index in [-0.39, 0.29) is 5.75 Å². The smallest absolute Gasteiger partial charge is 0.357 e. The number of hydrogen-bond acceptors (Lipinski definition) is 4. The lowest BCUT2D eigenvalue weighted by Gasteiger charge is -1.94. The number of aromatic hydroxyl groups is 1. The first-order valence-corrected chi connectivity index (χ1v) is 4.55. The summed E-state index contributed by atoms with van der Waals surface area (Å²) in [4.78, 5) is 11.2. The molecule has 0 radical (unpaired) electrons. The number of benzene rings is 1. The molecular formula is C9H4O3S. The molecule has 2 heterocycles. The summed E-state index contributed by atoms with van der Waals surface area (Å²) in [7, 11) is 0. The third kappa shape index (κ3) is 0.709. The summed E-state index contributed by atoms with van der Waals surface area (Å²) in [6.07, 6.45) is 0. The zero-order chi connectivity index (χ0) is 9.00. The molecular weight excluding hydrogens is 188 g/mol. The van der Waals surface area contributed by atoms with Crippen molar-refractivity contribution in [2.45, 2.75) is 0 Å². The Hall–Kier alpha value is -1.55. The molecule has 3 nitrogen and oxygen atoms in total. The first-order valence-electron chi connectivity index (χ1n) is 3.74. The molecule has 64 valence electrons. The molecule has 1 N–H and O–H groups in total. The maximum Gasteiger partial charge on any atom is 0.357 e. The molecule has 2 aromatic heterocycles. The van der Waals surface area contributed by atoms with Crippen LogP contribution >= 0.6 is 11.3 Å². The van der Waals surface area contributed by atoms with Crippen LogP contribution in [0.4, 0.5) is 0 Å². The van der Waals surface area contributed by atoms with E-state index >= 15 is 0 Å². The molecule has 2 bridgehead atoms. The average molecular weight is 192 g/mol. The van der Waals surface area contributed by atoms with Crippen LogP contribution < -0.4 is 5.63 Å². The van der Waals surface area contributed by atoms with E-state index in [1.807, 2.05) is 6.07 Å². The first kappa shape index (κ1) is 6.91. The van der Waals surface area contributed by atoms with Crippen molar-refractivity contribution >= 4 is 31.7 Å². The average Bonchev–Trinajstić information content (AvgIpc) is 2.40. The summed E-state index contributed by atoms with van der Waals surface area (Å²) in [6, 6.07) is 5.33. The standard InChI is InChI=1S/C9H4O3S/c10-7-6-4-2-1-3-5(6)13-8(7)9(11)12-4/h1-3,10H. The van der Waals surface area contributed by atoms with Gasteiger partial charge in [0.2, 0.25) is 0 Å². The minimum atomic E-state index is -0.462. The maximum absolute atomic E-state index is 11.2. The minimum absolute atomic E-state index is 0.0619. The highest BCUT2D eigenvalue weighted by atomic mass is 32.1. The summed E-state index contributed by atoms with van der Waals surface area (Å²) >= 11 is 1.26. The Morgan fingerprint density at radius 2 is 2.23 bits per heavy atom. The van der Waals surface area contributed by atoms with Gasteiger partial charge in [0.05, 0.1) is 5.39 Å². The molecule has 0 unspecified atom stereocenters. The fourth-order valence-electron chi connectivity index (χ4n) is 1.47. The monoisotopic (exact) mass is 192 g/mol. The Kier molecular flexibility index (Phi) is 1.08. The van der Waals surface area contributed by atoms with E-state index < -0.39 is 5.63 Å². The molecule has 4 heteroatoms. The number of thiophene rings is 1. The largest absolute Gasteiger partial charge is 0.505 e. The molecule has 13 heavy (non-hydrogen) atoms. The highest BCUT2D eigenvalue weighted by Gasteiger charge is 2.16. The van der Waals surface area contributed by atoms with Crippen molar-refractivity contribution in [3.63, 3.8) is 0 Å². The van der Waals surface area contributed by atoms with Crippen LogP contribution in [0, 0.1) is 0 Å². The molecule has 0 saturated heterocycles. The van der Waals surface area contributed by atoms with Crippen LogP contribution in [-0.2, 0) is 0 Å². The second-order valence-corrected chi connectivity index (χ2v) is 3.85. The Balaban J connectivity index is 2.86. The van der Waals surface area contributed by atoms with Crippen molar-refractivity contribution in [2.24, 2.45) is 0 Å². The van der Waals surface area contributed by atoms with Crippen molar-refractivity contribution in [3.8, 4) is 5.75 Å². The maximum atomic E-state index is 11.2. The van der Waals surface area contributed by atoms with Gasteiger partial charge in [0.25, 0.3) is 0 Å². The zero-order valence-corrected chi connectivity index (χ0v) is 7.22. The Morgan fingerprint density at radius 3 is 3.08 bits per heavy atom. The normalized spacial score (nSPS) is 11.7. The van der Waals surface area contributed by atoms with Crippen LogP contribution in [-0.4, -0.2) is 5.11 Å². The Bertz CT molecular complexity index is 634. The molecule has 0 aliphatic rings. The van der Waals surface area contributed by atoms with Crippen LogP contribution in [0.2, 0.25) is 0 Å². The van der Waals surface area contributed by atoms with E-state index in [0.29, 0.717) is 15.7 Å². The molecule has 0 aliphatic carbocycles. The highest BCUT2D eigenvalue weighted by Crippen LogP contribution is 2.39. The van der Waals surface area contributed by atoms with Crippen LogP contribution in [0.25, 0.3) is 20.4 Å². The third-order valence-electron chi connectivity index (χ3n) is 2.04. The second kappa shape index (κ2) is 2.03. The van der Waals surface area contributed by atoms with Gasteiger partial charge in [-0.3, -0.25) is 0 Å². The SMILES string of the molecule is O=c1oc2cccc3sc1c(O)c23. The summed E-state index contributed by atoms with van der Waals surface area (Å²) in [5.74, 6) is 0.0619. The zero-order valence-electron chi connectivity index (χ0n) is 6.40. The summed E-state index contributed by atoms with van der Waals surface area (Å²) in [6.45, 7) is 0. The van der Waals surface area contributed by atoms with Gasteiger partial charge < -0.3 is 9.52 Å². The third-order valence-corrected chi connectivity index (χ3v) is 3.16. The first-order chi connectivity index (χ1) is 6.27. The predicted molar refractivity (Wildman–Crippen MR) is 50.7 cm³/mol. The van der Waals surface area contributed by atoms with Crippen LogP contribution in [0.15, 0.2) is 27.4 Å². The lowest BCUT2D eigenvalue weighted by molar-refractivity contribution is 0.479. The summed E-state index contributed by atoms with van der Waals surface area (Å²) < 4.78 is 6.17. The van der Waals surface area contributed by atoms with Crippen LogP contribution in [0.5, 0.6) is 5.75 Å². The fourth-order valence-corrected chi connectivity index (χ4v) is 2.46. The van der Waals surface area contributed by atoms with Crippen LogP contribution in [0.3, 0.4) is 0 Å². The van der Waals surface area contributed by atoms with Crippen molar-refractivity contribution in [3.05, 3.63) is 28.6 Å². The van der Waals surface area contributed by atoms with Gasteiger partial charge in [-0.05, 0) is 12.1 Å². The van der Waals surface area contributed by atoms with Gasteiger partial charge in [-0.15, -0.1) is 11.3 Å². The van der Waals surface area contributed by atoms with E-state index in [0.717, 1.165) is 4.70 Å². The van der Waals surface area contributed by atoms with E-state index in [1.54, 1.807) is 12.1 Å². The summed E-state index contributed by atoms with van der Waals surface area (Å²) in [5.41, 5.74) is -0.00931. The van der Waals surface area contributed by atoms with Gasteiger partial charge in [-0.2, -0.15) is 0 Å². The minimum Gasteiger partial charge on any atom is -0.505 e. The molecule has 0 aliphatic heterocycles. The van der Waals surface area contributed by atoms with Crippen molar-refractivity contribution in [1.29, 1.82) is 0 Å². The van der Waals surface area contributed by atoms with E-state index in [1.165, 1.54) is 11.3 Å². The lowest BCUT2D eigenvalue weighted by atomic mass is 10.2. The lowest BCUT2D eigenvalue weighted by Crippen LogP contribution is -1.94. The predicted octanol–water partition coefficient (Wildman–Crippen LogP) is 2.15. The molecule has 1 aromatic carbocycles. The fraction of sp³-hybridized carbons (Fsp3) is 0. The van der Waals surface area contributed by atoms with Crippen molar-refractivity contribution < 1.29 is 9.52 Å². The van der Waals surface area contributed by atoms with E-state index in [4.69, 9.17) is 4.42 Å². The Labute approximate surface area is 76.2 Å². The van der Waals surface area contributed by atoms with Gasteiger partial charge in [-0.1, -0.05) is 6.07 Å². The van der Waals surface area contributed by atoms with Crippen LogP contribution in [0.1, 0.15) is 0 Å². The second-order valence-electron chi connectivity index (χ2n) is 2.80. The topological polar surface area (TPSA) is 50.4 Å². The highest BCUT2D eigenvalue weighted by molar-refractivity contribution is 7.25. The molecule has 0 atom stereocenters. The van der Waals surface area contributed by atoms with Gasteiger partial charge in [0, 0.05) is 4.70 Å². The summed E-state index contributed by atoms with van der Waals surface area (Å²) in [5, 5.41) is 10.3. The molecule has 0 fully saturated rings. The Morgan fingerprint density at radius 1 is 1.38 bits per heavy atom. The molecule has 3 rings (SSSR count). The quantitative estimate of drug-likeness (QED) is 0.555. The van der Waals surface area contributed by atoms with Crippen molar-refractivity contribution in [2.75, 3.05) is 0 Å². The van der Waals surface area contributed by atoms with Gasteiger partial charge in [0.1, 0.15) is 5.58 Å². The number of hydrogen-bond donors (Lipinski definition) is 1. The molecule has 3 aromatic rings. The number of fused-ring (bicyclic) bond motifs is 1. The van der Waals surface area contributed by atoms with Gasteiger partial charge >= 0.3 is 5.63 Å². The molecule has 0 saturated carbocycles. The van der Waals surface area contributed by atoms with E-state index in [2.05, 4.69) is 0 Å². The molecule has 0 amide bonds. The molecule has 0 spiro atoms. The number of rotatable bonds is 0. The van der Waals surface area contributed by atoms with Crippen molar-refractivity contribution in [1.82, 2.24) is 0 Å². The van der Waals surface area contributed by atoms with Gasteiger partial charge in [-0.25, -0.2) is 4.79 Å². The van der Waals surface area contributed by atoms with E-state index in [9.17, 15) is 9.90 Å². The van der Waals surface area contributed by atoms with Gasteiger partial charge in [0.15, 0.2) is 10.4 Å².